The van der Waals surface area contributed by atoms with Crippen LogP contribution >= 0.6 is 0 Å². The average molecular weight is 264 g/mol. The lowest BCUT2D eigenvalue weighted by atomic mass is 9.93. The van der Waals surface area contributed by atoms with Gasteiger partial charge in [0.2, 0.25) is 0 Å². The van der Waals surface area contributed by atoms with Gasteiger partial charge in [0.05, 0.1) is 6.26 Å². The van der Waals surface area contributed by atoms with E-state index in [0.29, 0.717) is 12.1 Å². The Balaban J connectivity index is 1.65. The van der Waals surface area contributed by atoms with Crippen LogP contribution in [0.5, 0.6) is 0 Å². The summed E-state index contributed by atoms with van der Waals surface area (Å²) >= 11 is 0. The van der Waals surface area contributed by atoms with E-state index >= 15 is 0 Å². The van der Waals surface area contributed by atoms with Crippen molar-refractivity contribution in [3.8, 4) is 0 Å². The molecule has 1 aliphatic rings. The van der Waals surface area contributed by atoms with E-state index in [2.05, 4.69) is 37.2 Å². The highest BCUT2D eigenvalue weighted by Gasteiger charge is 2.21. The number of aryl methyl sites for hydroxylation is 1. The number of hydrogen-bond donors (Lipinski definition) is 1. The van der Waals surface area contributed by atoms with Gasteiger partial charge in [-0.05, 0) is 65.7 Å². The topological polar surface area (TPSA) is 28.4 Å². The maximum absolute atomic E-state index is 5.52. The summed E-state index contributed by atoms with van der Waals surface area (Å²) in [6.45, 7) is 6.81. The van der Waals surface area contributed by atoms with Crippen LogP contribution in [0.3, 0.4) is 0 Å². The van der Waals surface area contributed by atoms with E-state index in [4.69, 9.17) is 4.42 Å². The zero-order chi connectivity index (χ0) is 13.7. The molecule has 19 heavy (non-hydrogen) atoms. The zero-order valence-corrected chi connectivity index (χ0v) is 12.6. The van der Waals surface area contributed by atoms with E-state index in [9.17, 15) is 0 Å². The average Bonchev–Trinajstić information content (AvgIpc) is 2.87. The van der Waals surface area contributed by atoms with Crippen LogP contribution in [-0.2, 0) is 6.42 Å². The van der Waals surface area contributed by atoms with Gasteiger partial charge in [-0.1, -0.05) is 0 Å². The van der Waals surface area contributed by atoms with E-state index in [0.717, 1.165) is 13.0 Å². The minimum absolute atomic E-state index is 0.519. The van der Waals surface area contributed by atoms with E-state index in [1.807, 2.05) is 6.26 Å². The summed E-state index contributed by atoms with van der Waals surface area (Å²) < 4.78 is 5.52. The van der Waals surface area contributed by atoms with Gasteiger partial charge >= 0.3 is 0 Å². The van der Waals surface area contributed by atoms with Gasteiger partial charge in [0.25, 0.3) is 0 Å². The fourth-order valence-corrected chi connectivity index (χ4v) is 2.72. The molecule has 0 saturated carbocycles. The van der Waals surface area contributed by atoms with E-state index < -0.39 is 0 Å². The minimum Gasteiger partial charge on any atom is -0.469 e. The third-order valence-electron chi connectivity index (χ3n) is 4.26. The molecule has 2 rings (SSSR count). The molecule has 0 fully saturated rings. The predicted molar refractivity (Wildman–Crippen MR) is 79.4 cm³/mol. The van der Waals surface area contributed by atoms with Crippen molar-refractivity contribution >= 4 is 0 Å². The molecule has 0 bridgehead atoms. The zero-order valence-electron chi connectivity index (χ0n) is 12.6. The van der Waals surface area contributed by atoms with Crippen LogP contribution in [0.1, 0.15) is 56.9 Å². The number of nitrogens with one attached hydrogen (secondary N) is 1. The largest absolute Gasteiger partial charge is 0.469 e. The number of nitrogens with zero attached hydrogens (tertiary/aromatic N) is 1. The molecule has 0 aliphatic heterocycles. The second-order valence-corrected chi connectivity index (χ2v) is 5.98. The first-order valence-corrected chi connectivity index (χ1v) is 7.68. The van der Waals surface area contributed by atoms with Crippen molar-refractivity contribution in [2.75, 3.05) is 20.1 Å². The summed E-state index contributed by atoms with van der Waals surface area (Å²) in [5.74, 6) is 1.20. The molecule has 3 nitrogen and oxygen atoms in total. The summed E-state index contributed by atoms with van der Waals surface area (Å²) in [5.41, 5.74) is 1.39. The molecule has 1 heterocycles. The first-order chi connectivity index (χ1) is 9.18. The minimum atomic E-state index is 0.519. The van der Waals surface area contributed by atoms with Crippen LogP contribution in [0.25, 0.3) is 0 Å². The Bertz CT molecular complexity index is 373. The third-order valence-corrected chi connectivity index (χ3v) is 4.26. The summed E-state index contributed by atoms with van der Waals surface area (Å²) in [7, 11) is 2.21. The van der Waals surface area contributed by atoms with Crippen LogP contribution in [0.2, 0.25) is 0 Å². The maximum atomic E-state index is 5.52. The number of furan rings is 1. The van der Waals surface area contributed by atoms with Gasteiger partial charge in [-0.2, -0.15) is 0 Å². The molecule has 1 atom stereocenters. The lowest BCUT2D eigenvalue weighted by molar-refractivity contribution is 0.267. The normalized spacial score (nSPS) is 19.1. The predicted octanol–water partition coefficient (Wildman–Crippen LogP) is 3.37. The molecule has 0 spiro atoms. The molecule has 1 aromatic rings. The van der Waals surface area contributed by atoms with Gasteiger partial charge in [0, 0.05) is 24.1 Å². The molecule has 1 N–H and O–H groups in total. The Hall–Kier alpha value is -0.800. The van der Waals surface area contributed by atoms with E-state index in [-0.39, 0.29) is 0 Å². The van der Waals surface area contributed by atoms with Crippen LogP contribution in [0.15, 0.2) is 16.7 Å². The van der Waals surface area contributed by atoms with Crippen LogP contribution in [-0.4, -0.2) is 31.1 Å². The molecule has 1 aliphatic carbocycles. The van der Waals surface area contributed by atoms with Crippen molar-refractivity contribution in [3.63, 3.8) is 0 Å². The molecular formula is C16H28N2O. The van der Waals surface area contributed by atoms with Crippen molar-refractivity contribution in [1.82, 2.24) is 10.2 Å². The molecule has 3 heteroatoms. The van der Waals surface area contributed by atoms with Gasteiger partial charge in [-0.25, -0.2) is 0 Å². The Labute approximate surface area is 117 Å². The van der Waals surface area contributed by atoms with Gasteiger partial charge in [-0.3, -0.25) is 0 Å². The molecule has 0 radical (unpaired) electrons. The first-order valence-electron chi connectivity index (χ1n) is 7.68. The fourth-order valence-electron chi connectivity index (χ4n) is 2.72. The second kappa shape index (κ2) is 7.11. The van der Waals surface area contributed by atoms with Gasteiger partial charge < -0.3 is 14.6 Å². The summed E-state index contributed by atoms with van der Waals surface area (Å²) in [6, 6.07) is 3.31. The number of unbranched alkanes of at least 4 members (excludes halogenated alkanes) is 1. The smallest absolute Gasteiger partial charge is 0.108 e. The Kier molecular flexibility index (Phi) is 5.46. The molecule has 108 valence electrons. The van der Waals surface area contributed by atoms with Crippen molar-refractivity contribution in [1.29, 1.82) is 0 Å². The highest BCUT2D eigenvalue weighted by molar-refractivity contribution is 5.23. The fraction of sp³-hybridized carbons (Fsp3) is 0.750. The molecule has 1 unspecified atom stereocenters. The van der Waals surface area contributed by atoms with Crippen molar-refractivity contribution in [3.05, 3.63) is 23.7 Å². The first kappa shape index (κ1) is 14.6. The van der Waals surface area contributed by atoms with Crippen molar-refractivity contribution in [2.24, 2.45) is 0 Å². The monoisotopic (exact) mass is 264 g/mol. The maximum Gasteiger partial charge on any atom is 0.108 e. The highest BCUT2D eigenvalue weighted by atomic mass is 16.3. The number of fused-ring (bicyclic) bond motifs is 1. The van der Waals surface area contributed by atoms with Gasteiger partial charge in [0.15, 0.2) is 0 Å². The van der Waals surface area contributed by atoms with E-state index in [1.54, 1.807) is 0 Å². The van der Waals surface area contributed by atoms with Crippen molar-refractivity contribution < 1.29 is 4.42 Å². The lowest BCUT2D eigenvalue weighted by Crippen LogP contribution is -2.29. The molecule has 0 amide bonds. The van der Waals surface area contributed by atoms with Gasteiger partial charge in [-0.15, -0.1) is 0 Å². The Morgan fingerprint density at radius 1 is 1.42 bits per heavy atom. The van der Waals surface area contributed by atoms with Crippen molar-refractivity contribution in [2.45, 2.75) is 58.0 Å². The molecule has 1 aromatic heterocycles. The number of rotatable bonds is 7. The quantitative estimate of drug-likeness (QED) is 0.765. The Morgan fingerprint density at radius 2 is 2.26 bits per heavy atom. The number of hydrogen-bond acceptors (Lipinski definition) is 3. The molecule has 0 saturated heterocycles. The van der Waals surface area contributed by atoms with E-state index in [1.165, 1.54) is 43.6 Å². The standard InChI is InChI=1S/C16H28N2O/c1-13(2)18(3)11-5-4-10-17-15-7-6-8-16-14(15)9-12-19-16/h9,12-13,15,17H,4-8,10-11H2,1-3H3. The molecule has 0 aromatic carbocycles. The van der Waals surface area contributed by atoms with Crippen LogP contribution < -0.4 is 5.32 Å². The lowest BCUT2D eigenvalue weighted by Gasteiger charge is -2.23. The molecular weight excluding hydrogens is 236 g/mol. The third kappa shape index (κ3) is 4.08. The summed E-state index contributed by atoms with van der Waals surface area (Å²) in [4.78, 5) is 2.41. The Morgan fingerprint density at radius 3 is 3.05 bits per heavy atom. The highest BCUT2D eigenvalue weighted by Crippen LogP contribution is 2.30. The summed E-state index contributed by atoms with van der Waals surface area (Å²) in [6.07, 6.45) is 7.96. The summed E-state index contributed by atoms with van der Waals surface area (Å²) in [5, 5.41) is 3.69. The van der Waals surface area contributed by atoms with Crippen LogP contribution in [0, 0.1) is 0 Å². The SMILES string of the molecule is CC(C)N(C)CCCCNC1CCCc2occc21. The van der Waals surface area contributed by atoms with Gasteiger partial charge in [0.1, 0.15) is 5.76 Å². The van der Waals surface area contributed by atoms with Crippen LogP contribution in [0.4, 0.5) is 0 Å². The second-order valence-electron chi connectivity index (χ2n) is 5.98.